The molecule has 3 heterocycles. The van der Waals surface area contributed by atoms with Gasteiger partial charge < -0.3 is 9.80 Å². The smallest absolute Gasteiger partial charge is 0.226 e. The van der Waals surface area contributed by atoms with Crippen molar-refractivity contribution in [2.24, 2.45) is 5.92 Å². The predicted octanol–water partition coefficient (Wildman–Crippen LogP) is 2.68. The van der Waals surface area contributed by atoms with Gasteiger partial charge in [0.15, 0.2) is 0 Å². The Morgan fingerprint density at radius 1 is 1.12 bits per heavy atom. The number of hydrogen-bond donors (Lipinski definition) is 0. The van der Waals surface area contributed by atoms with Gasteiger partial charge in [0.1, 0.15) is 18.3 Å². The summed E-state index contributed by atoms with van der Waals surface area (Å²) in [5.74, 6) is -0.260. The molecule has 2 aromatic rings. The fourth-order valence-corrected chi connectivity index (χ4v) is 3.61. The van der Waals surface area contributed by atoms with Crippen molar-refractivity contribution in [3.8, 4) is 11.3 Å². The first-order chi connectivity index (χ1) is 12.6. The number of hydrogen-bond acceptors (Lipinski definition) is 4. The van der Waals surface area contributed by atoms with Crippen LogP contribution in [-0.4, -0.2) is 53.1 Å². The zero-order valence-corrected chi connectivity index (χ0v) is 14.3. The van der Waals surface area contributed by atoms with Crippen LogP contribution < -0.4 is 4.90 Å². The molecule has 0 unspecified atom stereocenters. The highest BCUT2D eigenvalue weighted by molar-refractivity contribution is 5.80. The van der Waals surface area contributed by atoms with Gasteiger partial charge in [0.25, 0.3) is 0 Å². The van der Waals surface area contributed by atoms with Gasteiger partial charge in [0, 0.05) is 24.6 Å². The zero-order valence-electron chi connectivity index (χ0n) is 14.3. The van der Waals surface area contributed by atoms with E-state index in [2.05, 4.69) is 14.9 Å². The first-order valence-corrected chi connectivity index (χ1v) is 8.85. The summed E-state index contributed by atoms with van der Waals surface area (Å²) in [6.07, 6.45) is 3.83. The number of rotatable bonds is 3. The molecule has 0 aliphatic carbocycles. The number of aromatic nitrogens is 2. The van der Waals surface area contributed by atoms with Crippen molar-refractivity contribution in [3.05, 3.63) is 42.6 Å². The molecule has 1 amide bonds. The number of halogens is 2. The lowest BCUT2D eigenvalue weighted by molar-refractivity contribution is -0.143. The van der Waals surface area contributed by atoms with Crippen molar-refractivity contribution in [1.29, 1.82) is 0 Å². The lowest BCUT2D eigenvalue weighted by atomic mass is 9.93. The Morgan fingerprint density at radius 2 is 1.81 bits per heavy atom. The highest BCUT2D eigenvalue weighted by atomic mass is 19.1. The van der Waals surface area contributed by atoms with Gasteiger partial charge in [-0.15, -0.1) is 0 Å². The molecule has 0 radical (unpaired) electrons. The second kappa shape index (κ2) is 6.97. The van der Waals surface area contributed by atoms with E-state index in [4.69, 9.17) is 0 Å². The molecule has 7 heteroatoms. The molecule has 1 aromatic carbocycles. The van der Waals surface area contributed by atoms with Crippen LogP contribution in [0.15, 0.2) is 36.8 Å². The number of piperidine rings is 1. The van der Waals surface area contributed by atoms with E-state index in [-0.39, 0.29) is 30.7 Å². The lowest BCUT2D eigenvalue weighted by Crippen LogP contribution is -2.54. The minimum Gasteiger partial charge on any atom is -0.368 e. The molecule has 0 saturated carbocycles. The van der Waals surface area contributed by atoms with Crippen LogP contribution in [0.4, 0.5) is 14.5 Å². The Kier molecular flexibility index (Phi) is 4.53. The van der Waals surface area contributed by atoms with E-state index in [0.717, 1.165) is 29.8 Å². The Balaban J connectivity index is 1.46. The van der Waals surface area contributed by atoms with E-state index in [0.29, 0.717) is 13.1 Å². The van der Waals surface area contributed by atoms with Gasteiger partial charge in [-0.3, -0.25) is 4.79 Å². The number of anilines is 1. The second-order valence-electron chi connectivity index (χ2n) is 6.87. The van der Waals surface area contributed by atoms with Crippen LogP contribution in [0.1, 0.15) is 12.8 Å². The van der Waals surface area contributed by atoms with Crippen molar-refractivity contribution in [1.82, 2.24) is 14.9 Å². The third-order valence-corrected chi connectivity index (χ3v) is 5.14. The lowest BCUT2D eigenvalue weighted by Gasteiger charge is -2.40. The van der Waals surface area contributed by atoms with Crippen LogP contribution in [0.25, 0.3) is 11.3 Å². The van der Waals surface area contributed by atoms with E-state index in [9.17, 15) is 13.6 Å². The molecule has 5 nitrogen and oxygen atoms in total. The average Bonchev–Trinajstić information content (AvgIpc) is 2.66. The van der Waals surface area contributed by atoms with E-state index in [1.165, 1.54) is 18.5 Å². The number of benzene rings is 1. The number of amides is 1. The molecule has 0 bridgehead atoms. The predicted molar refractivity (Wildman–Crippen MR) is 93.8 cm³/mol. The summed E-state index contributed by atoms with van der Waals surface area (Å²) in [6.45, 7) is 1.90. The molecule has 4 rings (SSSR count). The SMILES string of the molecule is O=C(C1CCN(c2cncnc2-c2ccc(F)cc2)CC1)N1CC(F)C1. The van der Waals surface area contributed by atoms with Crippen molar-refractivity contribution in [3.63, 3.8) is 0 Å². The minimum absolute atomic E-state index is 0.0438. The largest absolute Gasteiger partial charge is 0.368 e. The Bertz CT molecular complexity index is 784. The summed E-state index contributed by atoms with van der Waals surface area (Å²) in [7, 11) is 0. The van der Waals surface area contributed by atoms with Gasteiger partial charge in [0.05, 0.1) is 30.7 Å². The summed E-state index contributed by atoms with van der Waals surface area (Å²) in [5, 5.41) is 0. The van der Waals surface area contributed by atoms with E-state index in [1.807, 2.05) is 0 Å². The minimum atomic E-state index is -0.862. The van der Waals surface area contributed by atoms with Crippen LogP contribution in [0, 0.1) is 11.7 Å². The quantitative estimate of drug-likeness (QED) is 0.847. The molecule has 1 aromatic heterocycles. The maximum Gasteiger partial charge on any atom is 0.226 e. The normalized spacial score (nSPS) is 18.7. The fraction of sp³-hybridized carbons (Fsp3) is 0.421. The second-order valence-corrected chi connectivity index (χ2v) is 6.87. The topological polar surface area (TPSA) is 49.3 Å². The van der Waals surface area contributed by atoms with Crippen LogP contribution in [-0.2, 0) is 4.79 Å². The van der Waals surface area contributed by atoms with Crippen molar-refractivity contribution in [2.75, 3.05) is 31.1 Å². The van der Waals surface area contributed by atoms with Gasteiger partial charge in [0.2, 0.25) is 5.91 Å². The first kappa shape index (κ1) is 16.9. The summed E-state index contributed by atoms with van der Waals surface area (Å²) in [5.41, 5.74) is 2.47. The standard InChI is InChI=1S/C19H20F2N4O/c20-15-3-1-13(2-4-15)18-17(9-22-12-23-18)24-7-5-14(6-8-24)19(26)25-10-16(21)11-25/h1-4,9,12,14,16H,5-8,10-11H2. The maximum atomic E-state index is 13.2. The molecule has 2 saturated heterocycles. The Labute approximate surface area is 150 Å². The summed E-state index contributed by atoms with van der Waals surface area (Å²) < 4.78 is 26.2. The number of carbonyl (C=O) groups excluding carboxylic acids is 1. The number of nitrogens with zero attached hydrogens (tertiary/aromatic N) is 4. The van der Waals surface area contributed by atoms with E-state index >= 15 is 0 Å². The van der Waals surface area contributed by atoms with E-state index < -0.39 is 6.17 Å². The number of alkyl halides is 1. The molecule has 2 fully saturated rings. The Hall–Kier alpha value is -2.57. The molecule has 0 spiro atoms. The molecular formula is C19H20F2N4O. The highest BCUT2D eigenvalue weighted by Crippen LogP contribution is 2.32. The monoisotopic (exact) mass is 358 g/mol. The summed E-state index contributed by atoms with van der Waals surface area (Å²) in [6, 6.07) is 6.23. The zero-order chi connectivity index (χ0) is 18.1. The molecule has 0 N–H and O–H groups in total. The van der Waals surface area contributed by atoms with Gasteiger partial charge in [-0.05, 0) is 37.1 Å². The molecular weight excluding hydrogens is 338 g/mol. The highest BCUT2D eigenvalue weighted by Gasteiger charge is 2.36. The van der Waals surface area contributed by atoms with Gasteiger partial charge in [-0.25, -0.2) is 18.7 Å². The van der Waals surface area contributed by atoms with Gasteiger partial charge >= 0.3 is 0 Å². The molecule has 0 atom stereocenters. The average molecular weight is 358 g/mol. The number of carbonyl (C=O) groups is 1. The van der Waals surface area contributed by atoms with Gasteiger partial charge in [-0.1, -0.05) is 0 Å². The first-order valence-electron chi connectivity index (χ1n) is 8.85. The molecule has 26 heavy (non-hydrogen) atoms. The third-order valence-electron chi connectivity index (χ3n) is 5.14. The van der Waals surface area contributed by atoms with Crippen molar-refractivity contribution < 1.29 is 13.6 Å². The van der Waals surface area contributed by atoms with Crippen molar-refractivity contribution >= 4 is 11.6 Å². The number of likely N-dealkylation sites (tertiary alicyclic amines) is 1. The maximum absolute atomic E-state index is 13.2. The third kappa shape index (κ3) is 3.25. The molecule has 2 aliphatic rings. The van der Waals surface area contributed by atoms with Crippen LogP contribution in [0.3, 0.4) is 0 Å². The van der Waals surface area contributed by atoms with Crippen LogP contribution in [0.2, 0.25) is 0 Å². The molecule has 2 aliphatic heterocycles. The van der Waals surface area contributed by atoms with Crippen LogP contribution in [0.5, 0.6) is 0 Å². The summed E-state index contributed by atoms with van der Waals surface area (Å²) >= 11 is 0. The fourth-order valence-electron chi connectivity index (χ4n) is 3.61. The van der Waals surface area contributed by atoms with Crippen LogP contribution >= 0.6 is 0 Å². The summed E-state index contributed by atoms with van der Waals surface area (Å²) in [4.78, 5) is 24.7. The van der Waals surface area contributed by atoms with E-state index in [1.54, 1.807) is 23.2 Å². The molecule has 136 valence electrons. The van der Waals surface area contributed by atoms with Gasteiger partial charge in [-0.2, -0.15) is 0 Å². The van der Waals surface area contributed by atoms with Crippen molar-refractivity contribution in [2.45, 2.75) is 19.0 Å². The Morgan fingerprint density at radius 3 is 2.46 bits per heavy atom.